The predicted octanol–water partition coefficient (Wildman–Crippen LogP) is 1.39. The van der Waals surface area contributed by atoms with E-state index in [-0.39, 0.29) is 0 Å². The largest absolute Gasteiger partial charge is 0.338 e. The number of piperazine rings is 1. The van der Waals surface area contributed by atoms with Crippen molar-refractivity contribution in [2.24, 2.45) is 0 Å². The molecule has 1 aromatic rings. The molecule has 0 spiro atoms. The summed E-state index contributed by atoms with van der Waals surface area (Å²) >= 11 is 0. The number of anilines is 1. The molecule has 0 N–H and O–H groups in total. The molecule has 0 atom stereocenters. The van der Waals surface area contributed by atoms with Crippen molar-refractivity contribution in [1.29, 1.82) is 5.26 Å². The summed E-state index contributed by atoms with van der Waals surface area (Å²) < 4.78 is 0. The lowest BCUT2D eigenvalue weighted by atomic mass is 9.81. The predicted molar refractivity (Wildman–Crippen MR) is 72.9 cm³/mol. The van der Waals surface area contributed by atoms with Crippen LogP contribution in [0, 0.1) is 11.3 Å². The van der Waals surface area contributed by atoms with Crippen molar-refractivity contribution in [2.75, 3.05) is 37.6 Å². The van der Waals surface area contributed by atoms with Crippen LogP contribution in [-0.4, -0.2) is 47.6 Å². The second-order valence-corrected chi connectivity index (χ2v) is 5.37. The Morgan fingerprint density at radius 3 is 2.37 bits per heavy atom. The van der Waals surface area contributed by atoms with E-state index in [0.717, 1.165) is 32.1 Å². The summed E-state index contributed by atoms with van der Waals surface area (Å²) in [5.74, 6) is 1.53. The maximum absolute atomic E-state index is 8.68. The normalized spacial score (nSPS) is 20.9. The van der Waals surface area contributed by atoms with Crippen LogP contribution in [0.4, 0.5) is 5.95 Å². The highest BCUT2D eigenvalue weighted by atomic mass is 15.3. The Balaban J connectivity index is 1.59. The zero-order chi connectivity index (χ0) is 13.1. The number of nitrogens with zero attached hydrogens (tertiary/aromatic N) is 5. The molecule has 0 radical (unpaired) electrons. The fourth-order valence-electron chi connectivity index (χ4n) is 2.65. The molecule has 1 aromatic heterocycles. The van der Waals surface area contributed by atoms with Crippen LogP contribution in [0.2, 0.25) is 0 Å². The third-order valence-electron chi connectivity index (χ3n) is 4.18. The van der Waals surface area contributed by atoms with E-state index >= 15 is 0 Å². The average molecular weight is 257 g/mol. The van der Waals surface area contributed by atoms with Crippen LogP contribution in [0.3, 0.4) is 0 Å². The molecule has 3 rings (SSSR count). The van der Waals surface area contributed by atoms with Crippen LogP contribution in [0.5, 0.6) is 0 Å². The van der Waals surface area contributed by atoms with E-state index in [1.54, 1.807) is 0 Å². The zero-order valence-corrected chi connectivity index (χ0v) is 11.1. The summed E-state index contributed by atoms with van der Waals surface area (Å²) in [5.41, 5.74) is 1.29. The molecule has 19 heavy (non-hydrogen) atoms. The van der Waals surface area contributed by atoms with Gasteiger partial charge >= 0.3 is 0 Å². The van der Waals surface area contributed by atoms with Gasteiger partial charge in [0.2, 0.25) is 5.95 Å². The lowest BCUT2D eigenvalue weighted by Crippen LogP contribution is -2.47. The van der Waals surface area contributed by atoms with Crippen molar-refractivity contribution in [3.05, 3.63) is 18.0 Å². The quantitative estimate of drug-likeness (QED) is 0.766. The minimum absolute atomic E-state index is 0.523. The SMILES string of the molecule is N#CCN1CCN(c2ncc(C3CCC3)cn2)CC1. The first-order valence-electron chi connectivity index (χ1n) is 7.03. The van der Waals surface area contributed by atoms with Gasteiger partial charge in [0.15, 0.2) is 0 Å². The molecule has 5 nitrogen and oxygen atoms in total. The van der Waals surface area contributed by atoms with E-state index in [1.807, 2.05) is 12.4 Å². The molecule has 2 heterocycles. The first-order chi connectivity index (χ1) is 9.36. The lowest BCUT2D eigenvalue weighted by Gasteiger charge is -2.33. The van der Waals surface area contributed by atoms with Gasteiger partial charge in [-0.05, 0) is 24.3 Å². The Morgan fingerprint density at radius 1 is 1.16 bits per heavy atom. The third kappa shape index (κ3) is 2.69. The van der Waals surface area contributed by atoms with E-state index in [2.05, 4.69) is 25.8 Å². The summed E-state index contributed by atoms with van der Waals surface area (Å²) in [6, 6.07) is 2.20. The van der Waals surface area contributed by atoms with Gasteiger partial charge in [0, 0.05) is 38.6 Å². The summed E-state index contributed by atoms with van der Waals surface area (Å²) in [5, 5.41) is 8.68. The fraction of sp³-hybridized carbons (Fsp3) is 0.643. The van der Waals surface area contributed by atoms with E-state index in [9.17, 15) is 0 Å². The third-order valence-corrected chi connectivity index (χ3v) is 4.18. The van der Waals surface area contributed by atoms with Crippen LogP contribution < -0.4 is 4.90 Å². The van der Waals surface area contributed by atoms with Gasteiger partial charge in [-0.1, -0.05) is 6.42 Å². The molecule has 1 aliphatic carbocycles. The number of nitriles is 1. The van der Waals surface area contributed by atoms with Crippen molar-refractivity contribution in [1.82, 2.24) is 14.9 Å². The van der Waals surface area contributed by atoms with E-state index in [4.69, 9.17) is 5.26 Å². The van der Waals surface area contributed by atoms with Crippen LogP contribution in [0.15, 0.2) is 12.4 Å². The number of hydrogen-bond donors (Lipinski definition) is 0. The van der Waals surface area contributed by atoms with Crippen molar-refractivity contribution in [3.63, 3.8) is 0 Å². The molecule has 1 saturated heterocycles. The van der Waals surface area contributed by atoms with Gasteiger partial charge in [-0.3, -0.25) is 4.90 Å². The monoisotopic (exact) mass is 257 g/mol. The first kappa shape index (κ1) is 12.4. The highest BCUT2D eigenvalue weighted by Gasteiger charge is 2.22. The van der Waals surface area contributed by atoms with Crippen molar-refractivity contribution >= 4 is 5.95 Å². The van der Waals surface area contributed by atoms with Crippen LogP contribution in [-0.2, 0) is 0 Å². The van der Waals surface area contributed by atoms with E-state index in [1.165, 1.54) is 24.8 Å². The standard InChI is InChI=1S/C14H19N5/c15-4-5-18-6-8-19(9-7-18)14-16-10-13(11-17-14)12-2-1-3-12/h10-12H,1-3,5-9H2. The highest BCUT2D eigenvalue weighted by molar-refractivity contribution is 5.31. The zero-order valence-electron chi connectivity index (χ0n) is 11.1. The van der Waals surface area contributed by atoms with Gasteiger partial charge in [-0.15, -0.1) is 0 Å². The average Bonchev–Trinajstić information content (AvgIpc) is 2.39. The molecule has 1 saturated carbocycles. The molecular weight excluding hydrogens is 238 g/mol. The molecule has 0 amide bonds. The number of hydrogen-bond acceptors (Lipinski definition) is 5. The summed E-state index contributed by atoms with van der Waals surface area (Å²) in [4.78, 5) is 13.4. The first-order valence-corrected chi connectivity index (χ1v) is 7.03. The summed E-state index contributed by atoms with van der Waals surface area (Å²) in [6.45, 7) is 4.17. The van der Waals surface area contributed by atoms with Gasteiger partial charge in [0.25, 0.3) is 0 Å². The van der Waals surface area contributed by atoms with Crippen LogP contribution in [0.1, 0.15) is 30.7 Å². The second-order valence-electron chi connectivity index (χ2n) is 5.37. The van der Waals surface area contributed by atoms with E-state index < -0.39 is 0 Å². The smallest absolute Gasteiger partial charge is 0.225 e. The molecular formula is C14H19N5. The molecule has 2 aliphatic rings. The minimum atomic E-state index is 0.523. The molecule has 1 aliphatic heterocycles. The Morgan fingerprint density at radius 2 is 1.84 bits per heavy atom. The summed E-state index contributed by atoms with van der Waals surface area (Å²) in [7, 11) is 0. The molecule has 0 unspecified atom stereocenters. The van der Waals surface area contributed by atoms with Crippen LogP contribution >= 0.6 is 0 Å². The minimum Gasteiger partial charge on any atom is -0.338 e. The van der Waals surface area contributed by atoms with Gasteiger partial charge in [-0.2, -0.15) is 5.26 Å². The Kier molecular flexibility index (Phi) is 3.60. The lowest BCUT2D eigenvalue weighted by molar-refractivity contribution is 0.285. The summed E-state index contributed by atoms with van der Waals surface area (Å²) in [6.07, 6.45) is 7.90. The molecule has 100 valence electrons. The van der Waals surface area contributed by atoms with Crippen molar-refractivity contribution < 1.29 is 0 Å². The Hall–Kier alpha value is -1.67. The van der Waals surface area contributed by atoms with Gasteiger partial charge < -0.3 is 4.90 Å². The van der Waals surface area contributed by atoms with Crippen LogP contribution in [0.25, 0.3) is 0 Å². The topological polar surface area (TPSA) is 56.1 Å². The maximum atomic E-state index is 8.68. The van der Waals surface area contributed by atoms with Gasteiger partial charge in [0.1, 0.15) is 0 Å². The molecule has 5 heteroatoms. The maximum Gasteiger partial charge on any atom is 0.225 e. The second kappa shape index (κ2) is 5.54. The molecule has 0 bridgehead atoms. The van der Waals surface area contributed by atoms with Crippen molar-refractivity contribution in [2.45, 2.75) is 25.2 Å². The molecule has 0 aromatic carbocycles. The number of aromatic nitrogens is 2. The Bertz CT molecular complexity index is 452. The van der Waals surface area contributed by atoms with Gasteiger partial charge in [-0.25, -0.2) is 9.97 Å². The van der Waals surface area contributed by atoms with Gasteiger partial charge in [0.05, 0.1) is 12.6 Å². The highest BCUT2D eigenvalue weighted by Crippen LogP contribution is 2.35. The number of rotatable bonds is 3. The van der Waals surface area contributed by atoms with Crippen molar-refractivity contribution in [3.8, 4) is 6.07 Å². The Labute approximate surface area is 113 Å². The fourth-order valence-corrected chi connectivity index (χ4v) is 2.65. The van der Waals surface area contributed by atoms with E-state index in [0.29, 0.717) is 12.5 Å². The molecule has 2 fully saturated rings.